The molecule has 0 aliphatic heterocycles. The van der Waals surface area contributed by atoms with E-state index in [1.807, 2.05) is 37.4 Å². The number of hydrogen-bond acceptors (Lipinski definition) is 5. The van der Waals surface area contributed by atoms with Crippen molar-refractivity contribution in [1.82, 2.24) is 9.80 Å². The van der Waals surface area contributed by atoms with Gasteiger partial charge in [0.15, 0.2) is 11.5 Å². The molecule has 0 aliphatic carbocycles. The van der Waals surface area contributed by atoms with Crippen LogP contribution in [0.25, 0.3) is 0 Å². The van der Waals surface area contributed by atoms with Crippen molar-refractivity contribution < 1.29 is 14.6 Å². The van der Waals surface area contributed by atoms with Gasteiger partial charge in [0.2, 0.25) is 0 Å². The summed E-state index contributed by atoms with van der Waals surface area (Å²) in [6.07, 6.45) is -0.583. The van der Waals surface area contributed by atoms with E-state index in [0.29, 0.717) is 24.1 Å². The Morgan fingerprint density at radius 1 is 0.929 bits per heavy atom. The van der Waals surface area contributed by atoms with Gasteiger partial charge < -0.3 is 14.6 Å². The van der Waals surface area contributed by atoms with Crippen LogP contribution >= 0.6 is 0 Å². The van der Waals surface area contributed by atoms with E-state index in [2.05, 4.69) is 48.9 Å². The lowest BCUT2D eigenvalue weighted by atomic mass is 10.1. The number of aliphatic hydroxyl groups is 1. The van der Waals surface area contributed by atoms with Crippen molar-refractivity contribution in [1.29, 1.82) is 0 Å². The van der Waals surface area contributed by atoms with Gasteiger partial charge in [-0.15, -0.1) is 0 Å². The first-order valence-electron chi connectivity index (χ1n) is 9.79. The number of nitrogens with zero attached hydrogens (tertiary/aromatic N) is 2. The molecule has 0 amide bonds. The van der Waals surface area contributed by atoms with Gasteiger partial charge in [-0.3, -0.25) is 9.80 Å². The van der Waals surface area contributed by atoms with Gasteiger partial charge in [0.05, 0.1) is 7.11 Å². The zero-order valence-corrected chi connectivity index (χ0v) is 17.8. The van der Waals surface area contributed by atoms with E-state index < -0.39 is 6.10 Å². The topological polar surface area (TPSA) is 45.2 Å². The fourth-order valence-corrected chi connectivity index (χ4v) is 2.96. The van der Waals surface area contributed by atoms with Crippen molar-refractivity contribution in [3.05, 3.63) is 59.7 Å². The van der Waals surface area contributed by atoms with Crippen LogP contribution in [0.3, 0.4) is 0 Å². The Labute approximate surface area is 169 Å². The molecule has 0 saturated carbocycles. The van der Waals surface area contributed by atoms with Crippen molar-refractivity contribution in [3.63, 3.8) is 0 Å². The summed E-state index contributed by atoms with van der Waals surface area (Å²) in [5.74, 6) is 1.35. The van der Waals surface area contributed by atoms with E-state index in [1.165, 1.54) is 5.56 Å². The SMILES string of the molecule is COc1ccc(CN(C)C(C)C)cc1OCC(O)CN(C)Cc1ccccc1. The van der Waals surface area contributed by atoms with Gasteiger partial charge in [-0.2, -0.15) is 0 Å². The lowest BCUT2D eigenvalue weighted by molar-refractivity contribution is 0.0732. The summed E-state index contributed by atoms with van der Waals surface area (Å²) in [5.41, 5.74) is 2.38. The summed E-state index contributed by atoms with van der Waals surface area (Å²) in [4.78, 5) is 4.35. The molecule has 0 fully saturated rings. The number of ether oxygens (including phenoxy) is 2. The van der Waals surface area contributed by atoms with Crippen LogP contribution in [-0.4, -0.2) is 61.4 Å². The Hall–Kier alpha value is -2.08. The minimum Gasteiger partial charge on any atom is -0.493 e. The van der Waals surface area contributed by atoms with Crippen LogP contribution in [0.15, 0.2) is 48.5 Å². The second-order valence-corrected chi connectivity index (χ2v) is 7.64. The Balaban J connectivity index is 1.90. The first-order chi connectivity index (χ1) is 13.4. The molecule has 2 aromatic rings. The van der Waals surface area contributed by atoms with E-state index in [-0.39, 0.29) is 6.61 Å². The van der Waals surface area contributed by atoms with Crippen LogP contribution in [0.5, 0.6) is 11.5 Å². The molecule has 0 saturated heterocycles. The smallest absolute Gasteiger partial charge is 0.161 e. The van der Waals surface area contributed by atoms with Crippen LogP contribution in [0.2, 0.25) is 0 Å². The largest absolute Gasteiger partial charge is 0.493 e. The van der Waals surface area contributed by atoms with Crippen molar-refractivity contribution >= 4 is 0 Å². The van der Waals surface area contributed by atoms with Crippen LogP contribution < -0.4 is 9.47 Å². The van der Waals surface area contributed by atoms with Crippen molar-refractivity contribution in [2.75, 3.05) is 34.4 Å². The van der Waals surface area contributed by atoms with E-state index >= 15 is 0 Å². The highest BCUT2D eigenvalue weighted by molar-refractivity contribution is 5.43. The average molecular weight is 387 g/mol. The number of methoxy groups -OCH3 is 1. The van der Waals surface area contributed by atoms with Gasteiger partial charge in [0, 0.05) is 25.7 Å². The lowest BCUT2D eigenvalue weighted by Crippen LogP contribution is -2.32. The molecule has 5 heteroatoms. The van der Waals surface area contributed by atoms with Crippen molar-refractivity contribution in [2.24, 2.45) is 0 Å². The van der Waals surface area contributed by atoms with Gasteiger partial charge in [0.25, 0.3) is 0 Å². The van der Waals surface area contributed by atoms with Crippen LogP contribution in [0.4, 0.5) is 0 Å². The van der Waals surface area contributed by atoms with Gasteiger partial charge in [-0.05, 0) is 51.2 Å². The van der Waals surface area contributed by atoms with Crippen molar-refractivity contribution in [2.45, 2.75) is 39.1 Å². The standard InChI is InChI=1S/C23H34N2O3/c1-18(2)25(4)15-20-11-12-22(27-5)23(13-20)28-17-21(26)16-24(3)14-19-9-7-6-8-10-19/h6-13,18,21,26H,14-17H2,1-5H3. The van der Waals surface area contributed by atoms with E-state index in [0.717, 1.165) is 18.7 Å². The quantitative estimate of drug-likeness (QED) is 0.641. The number of rotatable bonds is 11. The van der Waals surface area contributed by atoms with Gasteiger partial charge in [-0.25, -0.2) is 0 Å². The third kappa shape index (κ3) is 7.15. The number of hydrogen-bond donors (Lipinski definition) is 1. The highest BCUT2D eigenvalue weighted by Gasteiger charge is 2.13. The van der Waals surface area contributed by atoms with E-state index in [9.17, 15) is 5.11 Å². The highest BCUT2D eigenvalue weighted by Crippen LogP contribution is 2.28. The molecule has 0 spiro atoms. The summed E-state index contributed by atoms with van der Waals surface area (Å²) in [6, 6.07) is 16.7. The molecule has 0 aliphatic rings. The third-order valence-corrected chi connectivity index (χ3v) is 4.79. The molecule has 1 atom stereocenters. The van der Waals surface area contributed by atoms with Gasteiger partial charge in [-0.1, -0.05) is 36.4 Å². The summed E-state index contributed by atoms with van der Waals surface area (Å²) < 4.78 is 11.3. The maximum atomic E-state index is 10.4. The zero-order valence-electron chi connectivity index (χ0n) is 17.8. The second-order valence-electron chi connectivity index (χ2n) is 7.64. The molecule has 0 bridgehead atoms. The number of aliphatic hydroxyl groups excluding tert-OH is 1. The fourth-order valence-electron chi connectivity index (χ4n) is 2.96. The first-order valence-corrected chi connectivity index (χ1v) is 9.79. The molecule has 2 aromatic carbocycles. The molecule has 28 heavy (non-hydrogen) atoms. The summed E-state index contributed by atoms with van der Waals surface area (Å²) >= 11 is 0. The van der Waals surface area contributed by atoms with E-state index in [1.54, 1.807) is 7.11 Å². The molecule has 1 unspecified atom stereocenters. The average Bonchev–Trinajstić information content (AvgIpc) is 2.67. The number of likely N-dealkylation sites (N-methyl/N-ethyl adjacent to an activating group) is 1. The summed E-state index contributed by atoms with van der Waals surface area (Å²) in [6.45, 7) is 6.72. The molecular weight excluding hydrogens is 352 g/mol. The van der Waals surface area contributed by atoms with Crippen LogP contribution in [0.1, 0.15) is 25.0 Å². The Morgan fingerprint density at radius 2 is 1.64 bits per heavy atom. The Kier molecular flexibility index (Phi) is 8.77. The molecule has 154 valence electrons. The maximum Gasteiger partial charge on any atom is 0.161 e. The molecule has 5 nitrogen and oxygen atoms in total. The van der Waals surface area contributed by atoms with Crippen LogP contribution in [0, 0.1) is 0 Å². The van der Waals surface area contributed by atoms with Gasteiger partial charge >= 0.3 is 0 Å². The molecule has 0 heterocycles. The monoisotopic (exact) mass is 386 g/mol. The first kappa shape index (κ1) is 22.2. The van der Waals surface area contributed by atoms with Gasteiger partial charge in [0.1, 0.15) is 12.7 Å². The highest BCUT2D eigenvalue weighted by atomic mass is 16.5. The summed E-state index contributed by atoms with van der Waals surface area (Å²) in [7, 11) is 5.73. The fraction of sp³-hybridized carbons (Fsp3) is 0.478. The Bertz CT molecular complexity index is 706. The molecule has 0 radical (unpaired) electrons. The molecule has 2 rings (SSSR count). The zero-order chi connectivity index (χ0) is 20.5. The predicted molar refractivity (Wildman–Crippen MR) is 114 cm³/mol. The molecule has 1 N–H and O–H groups in total. The van der Waals surface area contributed by atoms with Crippen molar-refractivity contribution in [3.8, 4) is 11.5 Å². The minimum absolute atomic E-state index is 0.221. The molecule has 0 aromatic heterocycles. The third-order valence-electron chi connectivity index (χ3n) is 4.79. The molecular formula is C23H34N2O3. The number of benzene rings is 2. The normalized spacial score (nSPS) is 12.6. The van der Waals surface area contributed by atoms with Crippen LogP contribution in [-0.2, 0) is 13.1 Å². The maximum absolute atomic E-state index is 10.4. The van der Waals surface area contributed by atoms with E-state index in [4.69, 9.17) is 9.47 Å². The minimum atomic E-state index is -0.583. The lowest BCUT2D eigenvalue weighted by Gasteiger charge is -2.23. The second kappa shape index (κ2) is 11.1. The predicted octanol–water partition coefficient (Wildman–Crippen LogP) is 3.41. The Morgan fingerprint density at radius 3 is 2.29 bits per heavy atom. The summed E-state index contributed by atoms with van der Waals surface area (Å²) in [5, 5.41) is 10.4.